The van der Waals surface area contributed by atoms with Gasteiger partial charge in [0.2, 0.25) is 0 Å². The van der Waals surface area contributed by atoms with Crippen LogP contribution < -0.4 is 5.32 Å². The number of carbonyl (C=O) groups excluding carboxylic acids is 3. The number of unbranched alkanes of at least 4 members (excludes halogenated alkanes) is 1. The van der Waals surface area contributed by atoms with Crippen LogP contribution in [0.5, 0.6) is 5.75 Å². The highest BCUT2D eigenvalue weighted by Crippen LogP contribution is 2.24. The number of phenolic OH excluding ortho intramolecular Hbond substituents is 1. The minimum Gasteiger partial charge on any atom is -0.508 e. The van der Waals surface area contributed by atoms with E-state index >= 15 is 0 Å². The lowest BCUT2D eigenvalue weighted by Crippen LogP contribution is -2.30. The van der Waals surface area contributed by atoms with Gasteiger partial charge in [-0.3, -0.25) is 19.3 Å². The molecule has 1 aliphatic rings. The van der Waals surface area contributed by atoms with E-state index in [4.69, 9.17) is 0 Å². The number of nitrogens with zero attached hydrogens (tertiary/aromatic N) is 1. The maximum atomic E-state index is 12.5. The molecule has 2 N–H and O–H groups in total. The van der Waals surface area contributed by atoms with E-state index in [0.717, 1.165) is 12.8 Å². The van der Waals surface area contributed by atoms with Crippen LogP contribution in [0.25, 0.3) is 0 Å². The number of imide groups is 1. The molecule has 6 nitrogen and oxygen atoms in total. The van der Waals surface area contributed by atoms with Crippen molar-refractivity contribution in [2.75, 3.05) is 6.54 Å². The Balaban J connectivity index is 1.74. The van der Waals surface area contributed by atoms with E-state index in [1.807, 2.05) is 6.92 Å². The highest BCUT2D eigenvalue weighted by atomic mass is 16.3. The van der Waals surface area contributed by atoms with Gasteiger partial charge < -0.3 is 10.4 Å². The van der Waals surface area contributed by atoms with E-state index in [1.54, 1.807) is 24.3 Å². The SMILES string of the molecule is CCCCN1C(=O)c2ccc(C(=O)NCc3ccccc3O)cc2C1=O. The third-order valence-corrected chi connectivity index (χ3v) is 4.40. The standard InChI is InChI=1S/C20H20N2O4/c1-2-3-10-22-19(25)15-9-8-13(11-16(15)20(22)26)18(24)21-12-14-6-4-5-7-17(14)23/h4-9,11,23H,2-3,10,12H2,1H3,(H,21,24). The molecule has 0 bridgehead atoms. The Morgan fingerprint density at radius 1 is 1.08 bits per heavy atom. The van der Waals surface area contributed by atoms with E-state index in [-0.39, 0.29) is 35.6 Å². The summed E-state index contributed by atoms with van der Waals surface area (Å²) in [4.78, 5) is 38.4. The van der Waals surface area contributed by atoms with Crippen molar-refractivity contribution in [1.82, 2.24) is 10.2 Å². The maximum Gasteiger partial charge on any atom is 0.261 e. The van der Waals surface area contributed by atoms with Gasteiger partial charge in [0.1, 0.15) is 5.75 Å². The Morgan fingerprint density at radius 3 is 2.54 bits per heavy atom. The molecular formula is C20H20N2O4. The normalized spacial score (nSPS) is 13.0. The average Bonchev–Trinajstić information content (AvgIpc) is 2.89. The number of rotatable bonds is 6. The fourth-order valence-corrected chi connectivity index (χ4v) is 2.89. The van der Waals surface area contributed by atoms with Crippen LogP contribution in [0.3, 0.4) is 0 Å². The summed E-state index contributed by atoms with van der Waals surface area (Å²) in [7, 11) is 0. The third-order valence-electron chi connectivity index (χ3n) is 4.40. The highest BCUT2D eigenvalue weighted by Gasteiger charge is 2.35. The van der Waals surface area contributed by atoms with Crippen molar-refractivity contribution in [3.05, 3.63) is 64.7 Å². The van der Waals surface area contributed by atoms with Crippen LogP contribution in [0.4, 0.5) is 0 Å². The Kier molecular flexibility index (Phi) is 5.02. The highest BCUT2D eigenvalue weighted by molar-refractivity contribution is 6.22. The molecular weight excluding hydrogens is 332 g/mol. The quantitative estimate of drug-likeness (QED) is 0.783. The molecule has 0 fully saturated rings. The third kappa shape index (κ3) is 3.31. The maximum absolute atomic E-state index is 12.5. The first kappa shape index (κ1) is 17.7. The predicted molar refractivity (Wildman–Crippen MR) is 96.0 cm³/mol. The predicted octanol–water partition coefficient (Wildman–Crippen LogP) is 2.72. The first-order valence-electron chi connectivity index (χ1n) is 8.58. The second-order valence-electron chi connectivity index (χ2n) is 6.19. The summed E-state index contributed by atoms with van der Waals surface area (Å²) in [5.74, 6) is -0.925. The number of carbonyl (C=O) groups is 3. The smallest absolute Gasteiger partial charge is 0.261 e. The number of hydrogen-bond acceptors (Lipinski definition) is 4. The van der Waals surface area contributed by atoms with Crippen LogP contribution in [-0.2, 0) is 6.54 Å². The average molecular weight is 352 g/mol. The number of phenols is 1. The molecule has 3 amide bonds. The summed E-state index contributed by atoms with van der Waals surface area (Å²) < 4.78 is 0. The molecule has 0 saturated heterocycles. The van der Waals surface area contributed by atoms with Gasteiger partial charge in [0, 0.05) is 24.2 Å². The lowest BCUT2D eigenvalue weighted by molar-refractivity contribution is 0.0652. The van der Waals surface area contributed by atoms with Gasteiger partial charge in [0.25, 0.3) is 17.7 Å². The topological polar surface area (TPSA) is 86.7 Å². The number of benzene rings is 2. The zero-order valence-electron chi connectivity index (χ0n) is 14.5. The van der Waals surface area contributed by atoms with Crippen LogP contribution in [0.1, 0.15) is 56.4 Å². The van der Waals surface area contributed by atoms with Crippen molar-refractivity contribution in [3.63, 3.8) is 0 Å². The van der Waals surface area contributed by atoms with Crippen LogP contribution in [0, 0.1) is 0 Å². The van der Waals surface area contributed by atoms with Crippen molar-refractivity contribution in [2.45, 2.75) is 26.3 Å². The summed E-state index contributed by atoms with van der Waals surface area (Å²) >= 11 is 0. The fourth-order valence-electron chi connectivity index (χ4n) is 2.89. The van der Waals surface area contributed by atoms with Crippen molar-refractivity contribution in [3.8, 4) is 5.75 Å². The van der Waals surface area contributed by atoms with Gasteiger partial charge in [0.05, 0.1) is 11.1 Å². The molecule has 0 unspecified atom stereocenters. The van der Waals surface area contributed by atoms with E-state index in [0.29, 0.717) is 23.2 Å². The number of hydrogen-bond donors (Lipinski definition) is 2. The first-order valence-corrected chi connectivity index (χ1v) is 8.58. The van der Waals surface area contributed by atoms with Crippen LogP contribution in [-0.4, -0.2) is 34.3 Å². The largest absolute Gasteiger partial charge is 0.508 e. The molecule has 26 heavy (non-hydrogen) atoms. The van der Waals surface area contributed by atoms with E-state index in [2.05, 4.69) is 5.32 Å². The second kappa shape index (κ2) is 7.39. The van der Waals surface area contributed by atoms with Crippen molar-refractivity contribution in [2.24, 2.45) is 0 Å². The lowest BCUT2D eigenvalue weighted by atomic mass is 10.1. The van der Waals surface area contributed by atoms with Crippen LogP contribution in [0.15, 0.2) is 42.5 Å². The zero-order chi connectivity index (χ0) is 18.7. The Hall–Kier alpha value is -3.15. The molecule has 0 aromatic heterocycles. The summed E-state index contributed by atoms with van der Waals surface area (Å²) in [6, 6.07) is 11.3. The molecule has 0 saturated carbocycles. The molecule has 2 aromatic rings. The molecule has 2 aromatic carbocycles. The number of nitrogens with one attached hydrogen (secondary N) is 1. The van der Waals surface area contributed by atoms with Crippen LogP contribution >= 0.6 is 0 Å². The Morgan fingerprint density at radius 2 is 1.81 bits per heavy atom. The lowest BCUT2D eigenvalue weighted by Gasteiger charge is -2.12. The van der Waals surface area contributed by atoms with Crippen LogP contribution in [0.2, 0.25) is 0 Å². The van der Waals surface area contributed by atoms with Gasteiger partial charge in [-0.2, -0.15) is 0 Å². The minimum atomic E-state index is -0.372. The monoisotopic (exact) mass is 352 g/mol. The van der Waals surface area contributed by atoms with Crippen molar-refractivity contribution >= 4 is 17.7 Å². The molecule has 134 valence electrons. The van der Waals surface area contributed by atoms with E-state index in [1.165, 1.54) is 23.1 Å². The molecule has 0 spiro atoms. The van der Waals surface area contributed by atoms with Crippen molar-refractivity contribution < 1.29 is 19.5 Å². The molecule has 0 radical (unpaired) electrons. The molecule has 0 aliphatic carbocycles. The van der Waals surface area contributed by atoms with E-state index in [9.17, 15) is 19.5 Å². The number of fused-ring (bicyclic) bond motifs is 1. The van der Waals surface area contributed by atoms with Gasteiger partial charge in [0.15, 0.2) is 0 Å². The Labute approximate surface area is 151 Å². The summed E-state index contributed by atoms with van der Waals surface area (Å²) in [6.07, 6.45) is 1.63. The minimum absolute atomic E-state index is 0.106. The van der Waals surface area contributed by atoms with Gasteiger partial charge in [-0.05, 0) is 30.7 Å². The van der Waals surface area contributed by atoms with Gasteiger partial charge >= 0.3 is 0 Å². The zero-order valence-corrected chi connectivity index (χ0v) is 14.5. The van der Waals surface area contributed by atoms with Gasteiger partial charge in [-0.15, -0.1) is 0 Å². The first-order chi connectivity index (χ1) is 12.5. The number of para-hydroxylation sites is 1. The second-order valence-corrected chi connectivity index (χ2v) is 6.19. The van der Waals surface area contributed by atoms with Crippen molar-refractivity contribution in [1.29, 1.82) is 0 Å². The van der Waals surface area contributed by atoms with Gasteiger partial charge in [-0.1, -0.05) is 31.5 Å². The fraction of sp³-hybridized carbons (Fsp3) is 0.250. The molecule has 3 rings (SSSR count). The number of amides is 3. The van der Waals surface area contributed by atoms with E-state index < -0.39 is 0 Å². The summed E-state index contributed by atoms with van der Waals surface area (Å²) in [6.45, 7) is 2.54. The summed E-state index contributed by atoms with van der Waals surface area (Å²) in [5.41, 5.74) is 1.50. The molecule has 1 heterocycles. The summed E-state index contributed by atoms with van der Waals surface area (Å²) in [5, 5.41) is 12.5. The van der Waals surface area contributed by atoms with Gasteiger partial charge in [-0.25, -0.2) is 0 Å². The molecule has 1 aliphatic heterocycles. The molecule has 6 heteroatoms. The molecule has 0 atom stereocenters. The Bertz CT molecular complexity index is 876. The number of aromatic hydroxyl groups is 1.